The zero-order chi connectivity index (χ0) is 20.4. The number of carbonyl (C=O) groups is 2. The molecule has 4 rings (SSSR count). The van der Waals surface area contributed by atoms with Crippen LogP contribution in [0.15, 0.2) is 59.5 Å². The first kappa shape index (κ1) is 18.9. The second kappa shape index (κ2) is 7.91. The molecular formula is C23H23N3O3. The predicted octanol–water partition coefficient (Wildman–Crippen LogP) is 2.94. The third-order valence-corrected chi connectivity index (χ3v) is 5.33. The van der Waals surface area contributed by atoms with Crippen LogP contribution >= 0.6 is 0 Å². The van der Waals surface area contributed by atoms with Crippen molar-refractivity contribution in [3.8, 4) is 11.1 Å². The number of piperidine rings is 1. The number of H-pyrrole nitrogens is 1. The van der Waals surface area contributed by atoms with Crippen LogP contribution in [0.5, 0.6) is 0 Å². The van der Waals surface area contributed by atoms with Crippen LogP contribution < -0.4 is 10.9 Å². The summed E-state index contributed by atoms with van der Waals surface area (Å²) in [5, 5.41) is 4.41. The lowest BCUT2D eigenvalue weighted by Gasteiger charge is -2.33. The lowest BCUT2D eigenvalue weighted by Crippen LogP contribution is -2.49. The van der Waals surface area contributed by atoms with E-state index in [0.29, 0.717) is 24.0 Å². The number of hydrogen-bond acceptors (Lipinski definition) is 3. The Balaban J connectivity index is 1.59. The van der Waals surface area contributed by atoms with Gasteiger partial charge in [-0.3, -0.25) is 14.4 Å². The fourth-order valence-corrected chi connectivity index (χ4v) is 3.95. The van der Waals surface area contributed by atoms with Gasteiger partial charge in [-0.2, -0.15) is 0 Å². The minimum Gasteiger partial charge on any atom is -0.352 e. The largest absolute Gasteiger partial charge is 0.352 e. The monoisotopic (exact) mass is 389 g/mol. The van der Waals surface area contributed by atoms with Crippen molar-refractivity contribution in [2.45, 2.75) is 25.8 Å². The van der Waals surface area contributed by atoms with Crippen molar-refractivity contribution in [2.24, 2.45) is 0 Å². The molecule has 1 saturated heterocycles. The van der Waals surface area contributed by atoms with Gasteiger partial charge in [-0.15, -0.1) is 0 Å². The molecule has 0 radical (unpaired) electrons. The van der Waals surface area contributed by atoms with Crippen molar-refractivity contribution < 1.29 is 9.59 Å². The second-order valence-corrected chi connectivity index (χ2v) is 7.48. The van der Waals surface area contributed by atoms with Crippen molar-refractivity contribution in [1.29, 1.82) is 0 Å². The van der Waals surface area contributed by atoms with E-state index in [9.17, 15) is 14.4 Å². The van der Waals surface area contributed by atoms with Crippen LogP contribution in [0.3, 0.4) is 0 Å². The summed E-state index contributed by atoms with van der Waals surface area (Å²) in [6, 6.07) is 15.1. The van der Waals surface area contributed by atoms with Crippen molar-refractivity contribution >= 4 is 22.6 Å². The Morgan fingerprint density at radius 2 is 1.93 bits per heavy atom. The van der Waals surface area contributed by atoms with Gasteiger partial charge in [-0.05, 0) is 59.7 Å². The number of nitrogens with zero attached hydrogens (tertiary/aromatic N) is 1. The Kier molecular flexibility index (Phi) is 5.16. The highest BCUT2D eigenvalue weighted by molar-refractivity contribution is 5.96. The molecule has 1 atom stereocenters. The van der Waals surface area contributed by atoms with Gasteiger partial charge in [-0.25, -0.2) is 0 Å². The zero-order valence-corrected chi connectivity index (χ0v) is 16.3. The lowest BCUT2D eigenvalue weighted by molar-refractivity contribution is -0.120. The average molecular weight is 389 g/mol. The maximum atomic E-state index is 13.0. The third-order valence-electron chi connectivity index (χ3n) is 5.33. The molecule has 0 unspecified atom stereocenters. The van der Waals surface area contributed by atoms with E-state index < -0.39 is 0 Å². The van der Waals surface area contributed by atoms with E-state index in [2.05, 4.69) is 10.3 Å². The van der Waals surface area contributed by atoms with Crippen molar-refractivity contribution in [1.82, 2.24) is 15.2 Å². The Bertz CT molecular complexity index is 1140. The van der Waals surface area contributed by atoms with E-state index >= 15 is 0 Å². The van der Waals surface area contributed by atoms with E-state index in [1.165, 1.54) is 6.92 Å². The van der Waals surface area contributed by atoms with E-state index in [1.54, 1.807) is 12.3 Å². The first-order chi connectivity index (χ1) is 14.0. The van der Waals surface area contributed by atoms with Gasteiger partial charge in [0, 0.05) is 43.2 Å². The first-order valence-corrected chi connectivity index (χ1v) is 9.79. The summed E-state index contributed by atoms with van der Waals surface area (Å²) in [5.41, 5.74) is 2.38. The first-order valence-electron chi connectivity index (χ1n) is 9.79. The van der Waals surface area contributed by atoms with Crippen LogP contribution in [0.1, 0.15) is 30.1 Å². The standard InChI is InChI=1S/C23H23N3O3/c1-15(27)25-20-6-3-11-26(14-20)23(29)19-5-2-4-16(13-19)17-7-8-21-18(12-17)9-10-24-22(21)28/h2,4-5,7-10,12-13,20H,3,6,11,14H2,1H3,(H,24,28)(H,25,27)/t20-/m0/s1. The molecule has 1 aliphatic rings. The third kappa shape index (κ3) is 4.06. The maximum absolute atomic E-state index is 13.0. The summed E-state index contributed by atoms with van der Waals surface area (Å²) in [6.45, 7) is 2.72. The second-order valence-electron chi connectivity index (χ2n) is 7.48. The highest BCUT2D eigenvalue weighted by Gasteiger charge is 2.25. The molecule has 6 nitrogen and oxygen atoms in total. The van der Waals surface area contributed by atoms with E-state index in [4.69, 9.17) is 0 Å². The Morgan fingerprint density at radius 3 is 2.76 bits per heavy atom. The minimum atomic E-state index is -0.114. The van der Waals surface area contributed by atoms with E-state index in [-0.39, 0.29) is 23.4 Å². The number of aromatic amines is 1. The molecule has 2 aromatic carbocycles. The molecule has 2 N–H and O–H groups in total. The molecule has 0 spiro atoms. The average Bonchev–Trinajstić information content (AvgIpc) is 2.73. The quantitative estimate of drug-likeness (QED) is 0.723. The van der Waals surface area contributed by atoms with Gasteiger partial charge in [0.05, 0.1) is 0 Å². The van der Waals surface area contributed by atoms with Crippen molar-refractivity contribution in [3.05, 3.63) is 70.6 Å². The Morgan fingerprint density at radius 1 is 1.10 bits per heavy atom. The maximum Gasteiger partial charge on any atom is 0.255 e. The van der Waals surface area contributed by atoms with Gasteiger partial charge in [-0.1, -0.05) is 18.2 Å². The number of pyridine rings is 1. The molecule has 1 fully saturated rings. The van der Waals surface area contributed by atoms with Crippen LogP contribution in [0, 0.1) is 0 Å². The number of nitrogens with one attached hydrogen (secondary N) is 2. The number of fused-ring (bicyclic) bond motifs is 1. The van der Waals surface area contributed by atoms with Crippen molar-refractivity contribution in [2.75, 3.05) is 13.1 Å². The molecule has 0 saturated carbocycles. The zero-order valence-electron chi connectivity index (χ0n) is 16.3. The Hall–Kier alpha value is -3.41. The number of rotatable bonds is 3. The number of benzene rings is 2. The van der Waals surface area contributed by atoms with Gasteiger partial charge < -0.3 is 15.2 Å². The molecular weight excluding hydrogens is 366 g/mol. The van der Waals surface area contributed by atoms with Gasteiger partial charge in [0.2, 0.25) is 5.91 Å². The number of carbonyl (C=O) groups excluding carboxylic acids is 2. The van der Waals surface area contributed by atoms with Crippen LogP contribution in [0.4, 0.5) is 0 Å². The van der Waals surface area contributed by atoms with Gasteiger partial charge in [0.25, 0.3) is 11.5 Å². The summed E-state index contributed by atoms with van der Waals surface area (Å²) in [4.78, 5) is 40.8. The van der Waals surface area contributed by atoms with Crippen LogP contribution in [0.2, 0.25) is 0 Å². The molecule has 2 heterocycles. The summed E-state index contributed by atoms with van der Waals surface area (Å²) in [5.74, 6) is -0.0967. The van der Waals surface area contributed by atoms with Gasteiger partial charge >= 0.3 is 0 Å². The SMILES string of the molecule is CC(=O)N[C@H]1CCCN(C(=O)c2cccc(-c3ccc4c(=O)[nH]ccc4c3)c2)C1. The van der Waals surface area contributed by atoms with Crippen LogP contribution in [-0.4, -0.2) is 40.8 Å². The highest BCUT2D eigenvalue weighted by atomic mass is 16.2. The normalized spacial score (nSPS) is 16.6. The molecule has 0 bridgehead atoms. The molecule has 148 valence electrons. The summed E-state index contributed by atoms with van der Waals surface area (Å²) in [7, 11) is 0. The highest BCUT2D eigenvalue weighted by Crippen LogP contribution is 2.25. The molecule has 3 aromatic rings. The van der Waals surface area contributed by atoms with E-state index in [0.717, 1.165) is 29.4 Å². The molecule has 2 amide bonds. The topological polar surface area (TPSA) is 82.3 Å². The van der Waals surface area contributed by atoms with Gasteiger partial charge in [0.15, 0.2) is 0 Å². The Labute approximate surface area is 168 Å². The van der Waals surface area contributed by atoms with Crippen LogP contribution in [-0.2, 0) is 4.79 Å². The fourth-order valence-electron chi connectivity index (χ4n) is 3.95. The summed E-state index contributed by atoms with van der Waals surface area (Å²) in [6.07, 6.45) is 3.39. The predicted molar refractivity (Wildman–Crippen MR) is 113 cm³/mol. The number of amides is 2. The number of likely N-dealkylation sites (tertiary alicyclic amines) is 1. The van der Waals surface area contributed by atoms with Gasteiger partial charge in [0.1, 0.15) is 0 Å². The lowest BCUT2D eigenvalue weighted by atomic mass is 9.99. The van der Waals surface area contributed by atoms with E-state index in [1.807, 2.05) is 47.4 Å². The number of hydrogen-bond donors (Lipinski definition) is 2. The molecule has 29 heavy (non-hydrogen) atoms. The minimum absolute atomic E-state index is 0.00645. The molecule has 1 aliphatic heterocycles. The smallest absolute Gasteiger partial charge is 0.255 e. The summed E-state index contributed by atoms with van der Waals surface area (Å²) >= 11 is 0. The number of aromatic nitrogens is 1. The fraction of sp³-hybridized carbons (Fsp3) is 0.261. The molecule has 1 aromatic heterocycles. The molecule has 0 aliphatic carbocycles. The van der Waals surface area contributed by atoms with Crippen LogP contribution in [0.25, 0.3) is 21.9 Å². The summed E-state index contributed by atoms with van der Waals surface area (Å²) < 4.78 is 0. The van der Waals surface area contributed by atoms with Crippen molar-refractivity contribution in [3.63, 3.8) is 0 Å². The molecule has 6 heteroatoms.